The SMILES string of the molecule is CC(OC(C)(C)C(=O)O)C12CC3CC(CC(C3)C1)C2. The fraction of sp³-hybridized carbons (Fsp3) is 0.938. The van der Waals surface area contributed by atoms with Gasteiger partial charge in [-0.05, 0) is 82.5 Å². The molecule has 4 rings (SSSR count). The Morgan fingerprint density at radius 1 is 1.16 bits per heavy atom. The standard InChI is InChI=1S/C16H26O3/c1-10(19-15(2,3)14(17)18)16-7-11-4-12(8-16)6-13(5-11)9-16/h10-13H,4-9H2,1-3H3,(H,17,18). The Hall–Kier alpha value is -0.570. The Bertz CT molecular complexity index is 350. The summed E-state index contributed by atoms with van der Waals surface area (Å²) in [6, 6.07) is 0. The van der Waals surface area contributed by atoms with Crippen molar-refractivity contribution in [2.75, 3.05) is 0 Å². The van der Waals surface area contributed by atoms with Crippen LogP contribution in [0.2, 0.25) is 0 Å². The zero-order chi connectivity index (χ0) is 13.8. The lowest BCUT2D eigenvalue weighted by Gasteiger charge is -2.59. The molecule has 4 saturated carbocycles. The predicted octanol–water partition coefficient (Wildman–Crippen LogP) is 3.47. The Morgan fingerprint density at radius 2 is 1.58 bits per heavy atom. The van der Waals surface area contributed by atoms with Gasteiger partial charge in [0.25, 0.3) is 0 Å². The van der Waals surface area contributed by atoms with E-state index in [1.807, 2.05) is 0 Å². The summed E-state index contributed by atoms with van der Waals surface area (Å²) in [5, 5.41) is 9.25. The second-order valence-electron chi connectivity index (χ2n) is 7.86. The first kappa shape index (κ1) is 13.4. The summed E-state index contributed by atoms with van der Waals surface area (Å²) in [6.45, 7) is 5.45. The second-order valence-corrected chi connectivity index (χ2v) is 7.86. The number of hydrogen-bond acceptors (Lipinski definition) is 2. The van der Waals surface area contributed by atoms with Crippen LogP contribution in [0.3, 0.4) is 0 Å². The van der Waals surface area contributed by atoms with Gasteiger partial charge in [-0.1, -0.05) is 0 Å². The number of ether oxygens (including phenoxy) is 1. The maximum Gasteiger partial charge on any atom is 0.335 e. The molecule has 0 amide bonds. The van der Waals surface area contributed by atoms with Gasteiger partial charge < -0.3 is 9.84 Å². The van der Waals surface area contributed by atoms with Gasteiger partial charge in [0.05, 0.1) is 6.10 Å². The van der Waals surface area contributed by atoms with E-state index < -0.39 is 11.6 Å². The molecule has 4 bridgehead atoms. The van der Waals surface area contributed by atoms with Crippen LogP contribution >= 0.6 is 0 Å². The van der Waals surface area contributed by atoms with Gasteiger partial charge in [-0.15, -0.1) is 0 Å². The Morgan fingerprint density at radius 3 is 1.95 bits per heavy atom. The van der Waals surface area contributed by atoms with E-state index in [0.717, 1.165) is 17.8 Å². The highest BCUT2D eigenvalue weighted by Crippen LogP contribution is 2.61. The van der Waals surface area contributed by atoms with Crippen LogP contribution in [0.1, 0.15) is 59.3 Å². The summed E-state index contributed by atoms with van der Waals surface area (Å²) in [5.74, 6) is 1.78. The molecule has 0 aliphatic heterocycles. The van der Waals surface area contributed by atoms with Crippen molar-refractivity contribution in [3.8, 4) is 0 Å². The highest BCUT2D eigenvalue weighted by atomic mass is 16.5. The van der Waals surface area contributed by atoms with Crippen molar-refractivity contribution in [3.05, 3.63) is 0 Å². The first-order valence-electron chi connectivity index (χ1n) is 7.72. The number of aliphatic carboxylic acids is 1. The average Bonchev–Trinajstić information content (AvgIpc) is 2.26. The summed E-state index contributed by atoms with van der Waals surface area (Å²) in [7, 11) is 0. The molecule has 0 radical (unpaired) electrons. The molecular formula is C16H26O3. The van der Waals surface area contributed by atoms with Crippen LogP contribution in [-0.4, -0.2) is 22.8 Å². The van der Waals surface area contributed by atoms with E-state index in [2.05, 4.69) is 6.92 Å². The summed E-state index contributed by atoms with van der Waals surface area (Å²) in [4.78, 5) is 11.3. The zero-order valence-electron chi connectivity index (χ0n) is 12.3. The smallest absolute Gasteiger partial charge is 0.335 e. The molecule has 1 atom stereocenters. The van der Waals surface area contributed by atoms with Crippen molar-refractivity contribution in [3.63, 3.8) is 0 Å². The lowest BCUT2D eigenvalue weighted by atomic mass is 9.48. The third-order valence-electron chi connectivity index (χ3n) is 5.93. The van der Waals surface area contributed by atoms with Crippen LogP contribution in [0.25, 0.3) is 0 Å². The number of carbonyl (C=O) groups is 1. The minimum Gasteiger partial charge on any atom is -0.479 e. The maximum atomic E-state index is 11.3. The molecule has 0 aromatic rings. The molecule has 1 unspecified atom stereocenters. The number of hydrogen-bond donors (Lipinski definition) is 1. The van der Waals surface area contributed by atoms with E-state index in [0.29, 0.717) is 0 Å². The fourth-order valence-corrected chi connectivity index (χ4v) is 5.29. The van der Waals surface area contributed by atoms with Gasteiger partial charge in [0.1, 0.15) is 0 Å². The lowest BCUT2D eigenvalue weighted by molar-refractivity contribution is -0.195. The highest BCUT2D eigenvalue weighted by Gasteiger charge is 2.54. The van der Waals surface area contributed by atoms with Gasteiger partial charge >= 0.3 is 5.97 Å². The molecule has 0 spiro atoms. The van der Waals surface area contributed by atoms with Crippen LogP contribution in [0.15, 0.2) is 0 Å². The van der Waals surface area contributed by atoms with Gasteiger partial charge in [-0.2, -0.15) is 0 Å². The number of carboxylic acid groups (broad SMARTS) is 1. The molecule has 1 N–H and O–H groups in total. The Labute approximate surface area is 115 Å². The Balaban J connectivity index is 1.76. The van der Waals surface area contributed by atoms with E-state index in [1.54, 1.807) is 13.8 Å². The molecule has 3 heteroatoms. The van der Waals surface area contributed by atoms with Gasteiger partial charge in [0, 0.05) is 0 Å². The first-order chi connectivity index (χ1) is 8.81. The molecule has 4 fully saturated rings. The van der Waals surface area contributed by atoms with Crippen molar-refractivity contribution in [2.24, 2.45) is 23.2 Å². The van der Waals surface area contributed by atoms with Crippen LogP contribution in [0, 0.1) is 23.2 Å². The van der Waals surface area contributed by atoms with Gasteiger partial charge in [-0.3, -0.25) is 0 Å². The summed E-state index contributed by atoms with van der Waals surface area (Å²) < 4.78 is 5.98. The summed E-state index contributed by atoms with van der Waals surface area (Å²) in [5.41, 5.74) is -0.801. The van der Waals surface area contributed by atoms with Crippen molar-refractivity contribution < 1.29 is 14.6 Å². The minimum atomic E-state index is -1.07. The van der Waals surface area contributed by atoms with Gasteiger partial charge in [0.15, 0.2) is 5.60 Å². The highest BCUT2D eigenvalue weighted by molar-refractivity contribution is 5.76. The van der Waals surface area contributed by atoms with Crippen molar-refractivity contribution in [1.29, 1.82) is 0 Å². The fourth-order valence-electron chi connectivity index (χ4n) is 5.29. The second kappa shape index (κ2) is 4.21. The monoisotopic (exact) mass is 266 g/mol. The molecule has 19 heavy (non-hydrogen) atoms. The minimum absolute atomic E-state index is 0.0620. The van der Waals surface area contributed by atoms with E-state index in [1.165, 1.54) is 38.5 Å². The van der Waals surface area contributed by atoms with E-state index in [4.69, 9.17) is 4.74 Å². The number of rotatable bonds is 4. The van der Waals surface area contributed by atoms with Crippen molar-refractivity contribution in [2.45, 2.75) is 71.0 Å². The molecule has 108 valence electrons. The molecule has 0 aromatic carbocycles. The van der Waals surface area contributed by atoms with Crippen LogP contribution in [0.5, 0.6) is 0 Å². The molecule has 0 aromatic heterocycles. The lowest BCUT2D eigenvalue weighted by Crippen LogP contribution is -2.53. The van der Waals surface area contributed by atoms with E-state index >= 15 is 0 Å². The van der Waals surface area contributed by atoms with Gasteiger partial charge in [-0.25, -0.2) is 4.79 Å². The van der Waals surface area contributed by atoms with Crippen LogP contribution in [0.4, 0.5) is 0 Å². The average molecular weight is 266 g/mol. The van der Waals surface area contributed by atoms with Gasteiger partial charge in [0.2, 0.25) is 0 Å². The molecule has 0 saturated heterocycles. The van der Waals surface area contributed by atoms with Crippen molar-refractivity contribution >= 4 is 5.97 Å². The third-order valence-corrected chi connectivity index (χ3v) is 5.93. The quantitative estimate of drug-likeness (QED) is 0.847. The molecule has 4 aliphatic rings. The first-order valence-corrected chi connectivity index (χ1v) is 7.72. The molecule has 3 nitrogen and oxygen atoms in total. The van der Waals surface area contributed by atoms with E-state index in [9.17, 15) is 9.90 Å². The maximum absolute atomic E-state index is 11.3. The largest absolute Gasteiger partial charge is 0.479 e. The normalized spacial score (nSPS) is 42.4. The topological polar surface area (TPSA) is 46.5 Å². The van der Waals surface area contributed by atoms with Crippen LogP contribution < -0.4 is 0 Å². The molecule has 4 aliphatic carbocycles. The molecule has 0 heterocycles. The van der Waals surface area contributed by atoms with Crippen molar-refractivity contribution in [1.82, 2.24) is 0 Å². The van der Waals surface area contributed by atoms with Crippen LogP contribution in [-0.2, 0) is 9.53 Å². The molecular weight excluding hydrogens is 240 g/mol. The Kier molecular flexibility index (Phi) is 2.97. The third kappa shape index (κ3) is 2.20. The van der Waals surface area contributed by atoms with E-state index in [-0.39, 0.29) is 11.5 Å². The zero-order valence-corrected chi connectivity index (χ0v) is 12.3. The predicted molar refractivity (Wildman–Crippen MR) is 72.9 cm³/mol. The number of carboxylic acids is 1. The summed E-state index contributed by atoms with van der Waals surface area (Å²) >= 11 is 0. The summed E-state index contributed by atoms with van der Waals surface area (Å²) in [6.07, 6.45) is 8.07.